The first-order chi connectivity index (χ1) is 11.8. The van der Waals surface area contributed by atoms with E-state index in [1.54, 1.807) is 19.1 Å². The summed E-state index contributed by atoms with van der Waals surface area (Å²) in [4.78, 5) is 24.5. The minimum absolute atomic E-state index is 0.0154. The smallest absolute Gasteiger partial charge is 0.343 e. The van der Waals surface area contributed by atoms with Crippen molar-refractivity contribution in [3.63, 3.8) is 0 Å². The fraction of sp³-hybridized carbons (Fsp3) is 0.263. The Morgan fingerprint density at radius 1 is 1.32 bits per heavy atom. The number of nitrogens with two attached hydrogens (primary N) is 1. The zero-order valence-electron chi connectivity index (χ0n) is 14.6. The van der Waals surface area contributed by atoms with Gasteiger partial charge in [0.05, 0.1) is 5.69 Å². The van der Waals surface area contributed by atoms with Gasteiger partial charge in [-0.3, -0.25) is 4.79 Å². The third-order valence-corrected chi connectivity index (χ3v) is 4.14. The Kier molecular flexibility index (Phi) is 5.41. The molecule has 0 aliphatic heterocycles. The molecule has 0 aliphatic carbocycles. The second-order valence-corrected chi connectivity index (χ2v) is 5.84. The lowest BCUT2D eigenvalue weighted by molar-refractivity contribution is 0.0471. The van der Waals surface area contributed by atoms with E-state index in [0.717, 1.165) is 17.5 Å². The van der Waals surface area contributed by atoms with E-state index >= 15 is 0 Å². The molecule has 1 heterocycles. The number of nitrogen functional groups attached to an aromatic ring is 1. The Bertz CT molecular complexity index is 853. The molecule has 0 atom stereocenters. The van der Waals surface area contributed by atoms with Gasteiger partial charge >= 0.3 is 5.97 Å². The maximum Gasteiger partial charge on any atom is 0.343 e. The molecular formula is C19H21FN2O3. The first-order valence-electron chi connectivity index (χ1n) is 7.80. The van der Waals surface area contributed by atoms with Gasteiger partial charge in [-0.2, -0.15) is 0 Å². The molecule has 0 saturated carbocycles. The van der Waals surface area contributed by atoms with Gasteiger partial charge in [0.2, 0.25) is 5.78 Å². The van der Waals surface area contributed by atoms with Crippen molar-refractivity contribution in [2.75, 3.05) is 12.3 Å². The molecular weight excluding hydrogens is 323 g/mol. The average molecular weight is 344 g/mol. The lowest BCUT2D eigenvalue weighted by atomic mass is 10.1. The standard InChI is InChI=1S/C19H21FN2O3/c1-5-8-22-12(3)9-14(13(22)4)16(23)10-25-19(24)17-15(20)7-6-11(2)18(17)21/h5-7,9H,1,8,10,21H2,2-4H3. The van der Waals surface area contributed by atoms with Crippen LogP contribution in [0.3, 0.4) is 0 Å². The Morgan fingerprint density at radius 2 is 2.00 bits per heavy atom. The van der Waals surface area contributed by atoms with Gasteiger partial charge in [-0.15, -0.1) is 6.58 Å². The molecule has 2 aromatic rings. The van der Waals surface area contributed by atoms with E-state index in [1.807, 2.05) is 18.4 Å². The number of carbonyl (C=O) groups excluding carboxylic acids is 2. The molecule has 1 aromatic carbocycles. The van der Waals surface area contributed by atoms with E-state index in [1.165, 1.54) is 6.07 Å². The number of allylic oxidation sites excluding steroid dienone is 1. The number of aryl methyl sites for hydroxylation is 2. The summed E-state index contributed by atoms with van der Waals surface area (Å²) < 4.78 is 20.8. The highest BCUT2D eigenvalue weighted by atomic mass is 19.1. The Labute approximate surface area is 145 Å². The number of ether oxygens (including phenoxy) is 1. The number of halogens is 1. The van der Waals surface area contributed by atoms with E-state index in [0.29, 0.717) is 17.7 Å². The minimum Gasteiger partial charge on any atom is -0.454 e. The van der Waals surface area contributed by atoms with Crippen molar-refractivity contribution >= 4 is 17.4 Å². The zero-order valence-corrected chi connectivity index (χ0v) is 14.6. The highest BCUT2D eigenvalue weighted by molar-refractivity contribution is 6.01. The van der Waals surface area contributed by atoms with E-state index in [-0.39, 0.29) is 17.0 Å². The van der Waals surface area contributed by atoms with Crippen LogP contribution in [0.25, 0.3) is 0 Å². The van der Waals surface area contributed by atoms with Crippen molar-refractivity contribution in [1.82, 2.24) is 4.57 Å². The second kappa shape index (κ2) is 7.34. The fourth-order valence-corrected chi connectivity index (χ4v) is 2.68. The summed E-state index contributed by atoms with van der Waals surface area (Å²) in [6.45, 7) is 9.13. The lowest BCUT2D eigenvalue weighted by Gasteiger charge is -2.10. The van der Waals surface area contributed by atoms with E-state index in [9.17, 15) is 14.0 Å². The van der Waals surface area contributed by atoms with Crippen LogP contribution in [0.1, 0.15) is 37.7 Å². The van der Waals surface area contributed by atoms with Crippen LogP contribution in [-0.2, 0) is 11.3 Å². The van der Waals surface area contributed by atoms with Crippen LogP contribution >= 0.6 is 0 Å². The Balaban J connectivity index is 2.16. The predicted octanol–water partition coefficient (Wildman–Crippen LogP) is 3.36. The number of anilines is 1. The number of ketones is 1. The molecule has 0 unspecified atom stereocenters. The molecule has 2 N–H and O–H groups in total. The van der Waals surface area contributed by atoms with Gasteiger partial charge in [-0.25, -0.2) is 9.18 Å². The molecule has 0 amide bonds. The third kappa shape index (κ3) is 3.63. The van der Waals surface area contributed by atoms with E-state index in [2.05, 4.69) is 6.58 Å². The van der Waals surface area contributed by atoms with Crippen molar-refractivity contribution in [2.24, 2.45) is 0 Å². The summed E-state index contributed by atoms with van der Waals surface area (Å²) in [6.07, 6.45) is 1.73. The predicted molar refractivity (Wildman–Crippen MR) is 94.3 cm³/mol. The number of esters is 1. The number of Topliss-reactive ketones (excluding diaryl/α,β-unsaturated/α-hetero) is 1. The topological polar surface area (TPSA) is 74.3 Å². The first kappa shape index (κ1) is 18.4. The number of benzene rings is 1. The molecule has 1 aromatic heterocycles. The molecule has 2 rings (SSSR count). The molecule has 0 spiro atoms. The average Bonchev–Trinajstić information content (AvgIpc) is 2.85. The van der Waals surface area contributed by atoms with Crippen molar-refractivity contribution < 1.29 is 18.7 Å². The summed E-state index contributed by atoms with van der Waals surface area (Å²) >= 11 is 0. The monoisotopic (exact) mass is 344 g/mol. The summed E-state index contributed by atoms with van der Waals surface area (Å²) in [5.74, 6) is -2.08. The van der Waals surface area contributed by atoms with E-state index in [4.69, 9.17) is 10.5 Å². The molecule has 0 fully saturated rings. The van der Waals surface area contributed by atoms with Crippen LogP contribution in [0.4, 0.5) is 10.1 Å². The molecule has 0 radical (unpaired) electrons. The number of carbonyl (C=O) groups is 2. The molecule has 132 valence electrons. The zero-order chi connectivity index (χ0) is 18.7. The van der Waals surface area contributed by atoms with Gasteiger partial charge in [0.15, 0.2) is 6.61 Å². The second-order valence-electron chi connectivity index (χ2n) is 5.84. The molecule has 0 bridgehead atoms. The summed E-state index contributed by atoms with van der Waals surface area (Å²) in [5.41, 5.74) is 8.11. The van der Waals surface area contributed by atoms with Gasteiger partial charge in [-0.1, -0.05) is 12.1 Å². The maximum atomic E-state index is 13.9. The van der Waals surface area contributed by atoms with Gasteiger partial charge in [-0.05, 0) is 38.5 Å². The largest absolute Gasteiger partial charge is 0.454 e. The summed E-state index contributed by atoms with van der Waals surface area (Å²) in [6, 6.07) is 4.35. The highest BCUT2D eigenvalue weighted by Crippen LogP contribution is 2.22. The van der Waals surface area contributed by atoms with Crippen molar-refractivity contribution in [2.45, 2.75) is 27.3 Å². The summed E-state index contributed by atoms with van der Waals surface area (Å²) in [7, 11) is 0. The Hall–Kier alpha value is -2.89. The lowest BCUT2D eigenvalue weighted by Crippen LogP contribution is -2.17. The van der Waals surface area contributed by atoms with Gasteiger partial charge in [0.25, 0.3) is 0 Å². The fourth-order valence-electron chi connectivity index (χ4n) is 2.68. The third-order valence-electron chi connectivity index (χ3n) is 4.14. The van der Waals surface area contributed by atoms with Crippen LogP contribution < -0.4 is 5.73 Å². The normalized spacial score (nSPS) is 10.6. The number of hydrogen-bond acceptors (Lipinski definition) is 4. The number of rotatable bonds is 6. The van der Waals surface area contributed by atoms with Crippen LogP contribution in [0, 0.1) is 26.6 Å². The van der Waals surface area contributed by atoms with Crippen LogP contribution in [-0.4, -0.2) is 22.9 Å². The van der Waals surface area contributed by atoms with Crippen LogP contribution in [0.5, 0.6) is 0 Å². The van der Waals surface area contributed by atoms with Gasteiger partial charge in [0, 0.05) is 23.5 Å². The van der Waals surface area contributed by atoms with Crippen LogP contribution in [0.15, 0.2) is 30.9 Å². The first-order valence-corrected chi connectivity index (χ1v) is 7.80. The van der Waals surface area contributed by atoms with E-state index < -0.39 is 18.4 Å². The SMILES string of the molecule is C=CCn1c(C)cc(C(=O)COC(=O)c2c(F)ccc(C)c2N)c1C. The van der Waals surface area contributed by atoms with Crippen molar-refractivity contribution in [1.29, 1.82) is 0 Å². The van der Waals surface area contributed by atoms with Crippen molar-refractivity contribution in [3.05, 3.63) is 64.7 Å². The molecule has 5 nitrogen and oxygen atoms in total. The molecule has 6 heteroatoms. The quantitative estimate of drug-likeness (QED) is 0.377. The number of nitrogens with zero attached hydrogens (tertiary/aromatic N) is 1. The highest BCUT2D eigenvalue weighted by Gasteiger charge is 2.21. The molecule has 25 heavy (non-hydrogen) atoms. The van der Waals surface area contributed by atoms with Gasteiger partial charge < -0.3 is 15.0 Å². The maximum absolute atomic E-state index is 13.9. The molecule has 0 saturated heterocycles. The Morgan fingerprint density at radius 3 is 2.64 bits per heavy atom. The van der Waals surface area contributed by atoms with Crippen LogP contribution in [0.2, 0.25) is 0 Å². The van der Waals surface area contributed by atoms with Gasteiger partial charge in [0.1, 0.15) is 11.4 Å². The van der Waals surface area contributed by atoms with Crippen molar-refractivity contribution in [3.8, 4) is 0 Å². The number of aromatic nitrogens is 1. The number of hydrogen-bond donors (Lipinski definition) is 1. The minimum atomic E-state index is -0.952. The molecule has 0 aliphatic rings. The summed E-state index contributed by atoms with van der Waals surface area (Å²) in [5, 5.41) is 0.